The molecular formula is C25H46N2O11. The van der Waals surface area contributed by atoms with Crippen LogP contribution in [-0.2, 0) is 23.8 Å². The zero-order chi connectivity index (χ0) is 28.2. The molecule has 2 heterocycles. The molecule has 0 spiro atoms. The lowest BCUT2D eigenvalue weighted by molar-refractivity contribution is -0.290. The van der Waals surface area contributed by atoms with Gasteiger partial charge in [-0.25, -0.2) is 0 Å². The van der Waals surface area contributed by atoms with Gasteiger partial charge in [0.25, 0.3) is 0 Å². The van der Waals surface area contributed by atoms with Crippen LogP contribution in [0.25, 0.3) is 0 Å². The number of rotatable bonds is 15. The van der Waals surface area contributed by atoms with Crippen molar-refractivity contribution in [2.45, 2.75) is 126 Å². The molecule has 0 radical (unpaired) electrons. The first-order valence-corrected chi connectivity index (χ1v) is 13.6. The molecule has 13 nitrogen and oxygen atoms in total. The Morgan fingerprint density at radius 2 is 1.45 bits per heavy atom. The van der Waals surface area contributed by atoms with Gasteiger partial charge in [0.2, 0.25) is 11.8 Å². The minimum atomic E-state index is -1.57. The Balaban J connectivity index is 1.88. The van der Waals surface area contributed by atoms with Crippen molar-refractivity contribution in [2.75, 3.05) is 19.8 Å². The lowest BCUT2D eigenvalue weighted by atomic mass is 9.92. The summed E-state index contributed by atoms with van der Waals surface area (Å²) in [5.74, 6) is -0.734. The van der Waals surface area contributed by atoms with Crippen molar-refractivity contribution in [3.05, 3.63) is 0 Å². The first kappa shape index (κ1) is 32.8. The molecule has 13 heteroatoms. The first-order chi connectivity index (χ1) is 18.1. The lowest BCUT2D eigenvalue weighted by Gasteiger charge is -2.44. The summed E-state index contributed by atoms with van der Waals surface area (Å²) in [5.41, 5.74) is 0. The number of hydrogen-bond acceptors (Lipinski definition) is 11. The summed E-state index contributed by atoms with van der Waals surface area (Å²) in [6, 6.07) is -1.19. The molecule has 0 aromatic heterocycles. The highest BCUT2D eigenvalue weighted by molar-refractivity contribution is 5.75. The molecule has 2 saturated heterocycles. The van der Waals surface area contributed by atoms with Gasteiger partial charge in [-0.1, -0.05) is 39.0 Å². The number of nitrogens with one attached hydrogen (secondary N) is 2. The summed E-state index contributed by atoms with van der Waals surface area (Å²) in [5, 5.41) is 66.4. The maximum atomic E-state index is 12.2. The van der Waals surface area contributed by atoms with Gasteiger partial charge >= 0.3 is 0 Å². The van der Waals surface area contributed by atoms with E-state index in [-0.39, 0.29) is 25.4 Å². The number of amides is 2. The summed E-state index contributed by atoms with van der Waals surface area (Å²) in [7, 11) is 0. The van der Waals surface area contributed by atoms with Crippen molar-refractivity contribution in [3.8, 4) is 0 Å². The maximum absolute atomic E-state index is 12.2. The average molecular weight is 551 g/mol. The second-order valence-electron chi connectivity index (χ2n) is 10.1. The van der Waals surface area contributed by atoms with Gasteiger partial charge in [-0.3, -0.25) is 9.59 Å². The molecule has 0 aromatic rings. The largest absolute Gasteiger partial charge is 0.394 e. The molecule has 0 unspecified atom stereocenters. The van der Waals surface area contributed by atoms with Gasteiger partial charge in [0.15, 0.2) is 6.29 Å². The minimum absolute atomic E-state index is 0.0482. The zero-order valence-electron chi connectivity index (χ0n) is 22.3. The Labute approximate surface area is 223 Å². The van der Waals surface area contributed by atoms with Crippen LogP contribution in [0.1, 0.15) is 65.2 Å². The standard InChI is InChI=1S/C25H46N2O11/c1-3-4-5-6-7-8-11-26-18(30)10-9-15-20(31)24(35)22(33)17(37-15)13-36-25-19(27-14(2)29)23(34)21(32)16(12-28)38-25/h15-17,19-25,28,31-35H,3-13H2,1-2H3,(H,26,30)(H,27,29)/t15-,16-,17-,19-,20+,21-,22+,23-,24-,25-/m1/s1. The lowest BCUT2D eigenvalue weighted by Crippen LogP contribution is -2.65. The molecule has 2 fully saturated rings. The van der Waals surface area contributed by atoms with E-state index < -0.39 is 73.7 Å². The molecular weight excluding hydrogens is 504 g/mol. The van der Waals surface area contributed by atoms with E-state index in [9.17, 15) is 40.2 Å². The third kappa shape index (κ3) is 9.65. The summed E-state index contributed by atoms with van der Waals surface area (Å²) in [6.45, 7) is 2.91. The molecule has 2 aliphatic rings. The monoisotopic (exact) mass is 550 g/mol. The number of aliphatic hydroxyl groups is 6. The molecule has 2 aliphatic heterocycles. The highest BCUT2D eigenvalue weighted by atomic mass is 16.7. The van der Waals surface area contributed by atoms with E-state index in [1.165, 1.54) is 26.2 Å². The van der Waals surface area contributed by atoms with Gasteiger partial charge in [0.05, 0.1) is 19.3 Å². The molecule has 38 heavy (non-hydrogen) atoms. The van der Waals surface area contributed by atoms with Crippen LogP contribution < -0.4 is 10.6 Å². The van der Waals surface area contributed by atoms with Crippen LogP contribution in [0.5, 0.6) is 0 Å². The first-order valence-electron chi connectivity index (χ1n) is 13.6. The van der Waals surface area contributed by atoms with Crippen molar-refractivity contribution >= 4 is 11.8 Å². The number of aliphatic hydroxyl groups excluding tert-OH is 6. The molecule has 0 aromatic carbocycles. The maximum Gasteiger partial charge on any atom is 0.220 e. The highest BCUT2D eigenvalue weighted by Gasteiger charge is 2.47. The van der Waals surface area contributed by atoms with E-state index in [2.05, 4.69) is 17.6 Å². The van der Waals surface area contributed by atoms with E-state index >= 15 is 0 Å². The number of unbranched alkanes of at least 4 members (excludes halogenated alkanes) is 5. The Bertz CT molecular complexity index is 715. The predicted octanol–water partition coefficient (Wildman–Crippen LogP) is -1.95. The number of carbonyl (C=O) groups is 2. The van der Waals surface area contributed by atoms with Crippen LogP contribution in [0.3, 0.4) is 0 Å². The summed E-state index contributed by atoms with van der Waals surface area (Å²) in [4.78, 5) is 23.8. The van der Waals surface area contributed by atoms with Crippen molar-refractivity contribution in [1.29, 1.82) is 0 Å². The molecule has 222 valence electrons. The minimum Gasteiger partial charge on any atom is -0.394 e. The van der Waals surface area contributed by atoms with Crippen molar-refractivity contribution in [1.82, 2.24) is 10.6 Å². The molecule has 2 amide bonds. The van der Waals surface area contributed by atoms with Gasteiger partial charge < -0.3 is 55.5 Å². The van der Waals surface area contributed by atoms with Gasteiger partial charge in [0, 0.05) is 19.9 Å². The van der Waals surface area contributed by atoms with Crippen LogP contribution in [0, 0.1) is 0 Å². The Hall–Kier alpha value is -1.42. The van der Waals surface area contributed by atoms with Crippen LogP contribution in [0.2, 0.25) is 0 Å². The summed E-state index contributed by atoms with van der Waals surface area (Å²) in [6.07, 6.45) is -5.36. The molecule has 8 N–H and O–H groups in total. The van der Waals surface area contributed by atoms with Crippen molar-refractivity contribution in [3.63, 3.8) is 0 Å². The van der Waals surface area contributed by atoms with Crippen molar-refractivity contribution in [2.24, 2.45) is 0 Å². The van der Waals surface area contributed by atoms with Gasteiger partial charge in [-0.2, -0.15) is 0 Å². The quantitative estimate of drug-likeness (QED) is 0.105. The Morgan fingerprint density at radius 1 is 0.816 bits per heavy atom. The second-order valence-corrected chi connectivity index (χ2v) is 10.1. The van der Waals surface area contributed by atoms with Crippen molar-refractivity contribution < 1.29 is 54.4 Å². The van der Waals surface area contributed by atoms with Gasteiger partial charge in [-0.15, -0.1) is 0 Å². The third-order valence-electron chi connectivity index (χ3n) is 7.00. The summed E-state index contributed by atoms with van der Waals surface area (Å²) < 4.78 is 16.9. The fraction of sp³-hybridized carbons (Fsp3) is 0.920. The van der Waals surface area contributed by atoms with E-state index in [4.69, 9.17) is 14.2 Å². The Kier molecular flexibility index (Phi) is 14.4. The molecule has 2 rings (SSSR count). The normalized spacial score (nSPS) is 35.6. The van der Waals surface area contributed by atoms with Crippen LogP contribution >= 0.6 is 0 Å². The smallest absolute Gasteiger partial charge is 0.220 e. The number of hydrogen-bond donors (Lipinski definition) is 8. The van der Waals surface area contributed by atoms with Gasteiger partial charge in [0.1, 0.15) is 48.8 Å². The fourth-order valence-electron chi connectivity index (χ4n) is 4.70. The second kappa shape index (κ2) is 16.6. The van der Waals surface area contributed by atoms with E-state index in [0.29, 0.717) is 6.54 Å². The SMILES string of the molecule is CCCCCCCCNC(=O)CC[C@H]1O[C@H](CO[C@@H]2O[C@H](CO)[C@@H](O)[C@H](O)[C@H]2NC(C)=O)[C@H](O)[C@H](O)[C@H]1O. The topological polar surface area (TPSA) is 207 Å². The number of carbonyl (C=O) groups excluding carboxylic acids is 2. The van der Waals surface area contributed by atoms with E-state index in [0.717, 1.165) is 19.3 Å². The molecule has 0 aliphatic carbocycles. The highest BCUT2D eigenvalue weighted by Crippen LogP contribution is 2.27. The van der Waals surface area contributed by atoms with Crippen LogP contribution in [-0.4, -0.2) is 123 Å². The van der Waals surface area contributed by atoms with Crippen LogP contribution in [0.4, 0.5) is 0 Å². The average Bonchev–Trinajstić information content (AvgIpc) is 2.89. The molecule has 0 saturated carbocycles. The molecule has 0 bridgehead atoms. The molecule has 10 atom stereocenters. The van der Waals surface area contributed by atoms with Gasteiger partial charge in [-0.05, 0) is 12.8 Å². The van der Waals surface area contributed by atoms with Crippen LogP contribution in [0.15, 0.2) is 0 Å². The third-order valence-corrected chi connectivity index (χ3v) is 7.00. The van der Waals surface area contributed by atoms with E-state index in [1.54, 1.807) is 0 Å². The fourth-order valence-corrected chi connectivity index (χ4v) is 4.70. The Morgan fingerprint density at radius 3 is 2.11 bits per heavy atom. The predicted molar refractivity (Wildman–Crippen MR) is 134 cm³/mol. The van der Waals surface area contributed by atoms with E-state index in [1.807, 2.05) is 0 Å². The summed E-state index contributed by atoms with van der Waals surface area (Å²) >= 11 is 0. The number of ether oxygens (including phenoxy) is 3. The zero-order valence-corrected chi connectivity index (χ0v) is 22.3.